The summed E-state index contributed by atoms with van der Waals surface area (Å²) in [6.07, 6.45) is 1.72. The van der Waals surface area contributed by atoms with E-state index in [4.69, 9.17) is 0 Å². The molecule has 0 saturated carbocycles. The summed E-state index contributed by atoms with van der Waals surface area (Å²) >= 11 is 0. The highest BCUT2D eigenvalue weighted by Crippen LogP contribution is 2.25. The first-order valence-corrected chi connectivity index (χ1v) is 9.38. The number of hydrogen-bond acceptors (Lipinski definition) is 4. The summed E-state index contributed by atoms with van der Waals surface area (Å²) < 4.78 is 0. The molecule has 1 fully saturated rings. The molecule has 0 aromatic heterocycles. The second-order valence-corrected chi connectivity index (χ2v) is 6.89. The van der Waals surface area contributed by atoms with Gasteiger partial charge in [0.1, 0.15) is 0 Å². The Morgan fingerprint density at radius 2 is 1.79 bits per heavy atom. The number of anilines is 1. The van der Waals surface area contributed by atoms with Crippen molar-refractivity contribution in [3.05, 3.63) is 69.8 Å². The van der Waals surface area contributed by atoms with Crippen LogP contribution >= 0.6 is 0 Å². The molecule has 1 aliphatic rings. The van der Waals surface area contributed by atoms with Gasteiger partial charge in [0.2, 0.25) is 11.8 Å². The number of nitrogens with one attached hydrogen (secondary N) is 1. The van der Waals surface area contributed by atoms with Crippen molar-refractivity contribution in [2.45, 2.75) is 26.2 Å². The summed E-state index contributed by atoms with van der Waals surface area (Å²) in [7, 11) is 0. The number of nitro groups is 1. The predicted molar refractivity (Wildman–Crippen MR) is 106 cm³/mol. The molecular formula is C21H23N3O4. The average Bonchev–Trinajstić information content (AvgIpc) is 3.10. The van der Waals surface area contributed by atoms with Gasteiger partial charge in [-0.25, -0.2) is 0 Å². The minimum absolute atomic E-state index is 0.0419. The van der Waals surface area contributed by atoms with Crippen molar-refractivity contribution in [1.82, 2.24) is 5.32 Å². The van der Waals surface area contributed by atoms with Crippen molar-refractivity contribution in [2.24, 2.45) is 5.92 Å². The van der Waals surface area contributed by atoms with E-state index in [1.54, 1.807) is 17.0 Å². The lowest BCUT2D eigenvalue weighted by Gasteiger charge is -2.17. The van der Waals surface area contributed by atoms with Crippen LogP contribution in [0.15, 0.2) is 48.5 Å². The standard InChI is InChI=1S/C21H23N3O4/c1-2-15-3-7-18(8-4-15)23-14-17(13-20(23)25)21(26)22-12-11-16-5-9-19(10-6-16)24(27)28/h3-10,17H,2,11-14H2,1H3,(H,22,26). The van der Waals surface area contributed by atoms with Crippen LogP contribution in [0.1, 0.15) is 24.5 Å². The first kappa shape index (κ1) is 19.5. The summed E-state index contributed by atoms with van der Waals surface area (Å²) in [5.74, 6) is -0.544. The van der Waals surface area contributed by atoms with Crippen LogP contribution in [-0.4, -0.2) is 29.8 Å². The van der Waals surface area contributed by atoms with E-state index in [-0.39, 0.29) is 29.8 Å². The molecule has 1 heterocycles. The molecule has 2 aromatic carbocycles. The van der Waals surface area contributed by atoms with Gasteiger partial charge in [0.15, 0.2) is 0 Å². The van der Waals surface area contributed by atoms with Gasteiger partial charge in [-0.1, -0.05) is 31.2 Å². The summed E-state index contributed by atoms with van der Waals surface area (Å²) in [5.41, 5.74) is 2.98. The van der Waals surface area contributed by atoms with Gasteiger partial charge in [0.25, 0.3) is 5.69 Å². The first-order valence-electron chi connectivity index (χ1n) is 9.38. The first-order chi connectivity index (χ1) is 13.5. The van der Waals surface area contributed by atoms with E-state index in [0.29, 0.717) is 19.5 Å². The fraction of sp³-hybridized carbons (Fsp3) is 0.333. The van der Waals surface area contributed by atoms with E-state index in [2.05, 4.69) is 12.2 Å². The van der Waals surface area contributed by atoms with E-state index in [1.165, 1.54) is 17.7 Å². The van der Waals surface area contributed by atoms with Crippen LogP contribution in [0.4, 0.5) is 11.4 Å². The molecule has 1 N–H and O–H groups in total. The number of amides is 2. The monoisotopic (exact) mass is 381 g/mol. The lowest BCUT2D eigenvalue weighted by Crippen LogP contribution is -2.34. The molecule has 0 bridgehead atoms. The van der Waals surface area contributed by atoms with Crippen LogP contribution in [-0.2, 0) is 22.4 Å². The molecule has 0 radical (unpaired) electrons. The van der Waals surface area contributed by atoms with Gasteiger partial charge in [-0.3, -0.25) is 19.7 Å². The molecule has 1 atom stereocenters. The Morgan fingerprint density at radius 1 is 1.14 bits per heavy atom. The SMILES string of the molecule is CCc1ccc(N2CC(C(=O)NCCc3ccc([N+](=O)[O-])cc3)CC2=O)cc1. The third-order valence-electron chi connectivity index (χ3n) is 5.01. The highest BCUT2D eigenvalue weighted by atomic mass is 16.6. The molecule has 1 aliphatic heterocycles. The van der Waals surface area contributed by atoms with Crippen LogP contribution in [0.25, 0.3) is 0 Å². The minimum atomic E-state index is -0.440. The molecule has 1 saturated heterocycles. The number of nitrogens with zero attached hydrogens (tertiary/aromatic N) is 2. The number of benzene rings is 2. The van der Waals surface area contributed by atoms with Gasteiger partial charge in [-0.15, -0.1) is 0 Å². The second kappa shape index (κ2) is 8.65. The Balaban J connectivity index is 1.50. The number of carbonyl (C=O) groups is 2. The number of nitro benzene ring substituents is 1. The Labute approximate surface area is 163 Å². The third kappa shape index (κ3) is 4.54. The lowest BCUT2D eigenvalue weighted by atomic mass is 10.1. The van der Waals surface area contributed by atoms with Crippen LogP contribution < -0.4 is 10.2 Å². The fourth-order valence-corrected chi connectivity index (χ4v) is 3.30. The van der Waals surface area contributed by atoms with Crippen molar-refractivity contribution >= 4 is 23.2 Å². The molecule has 1 unspecified atom stereocenters. The van der Waals surface area contributed by atoms with Crippen LogP contribution in [0.3, 0.4) is 0 Å². The van der Waals surface area contributed by atoms with E-state index < -0.39 is 4.92 Å². The molecule has 28 heavy (non-hydrogen) atoms. The van der Waals surface area contributed by atoms with Crippen LogP contribution in [0.5, 0.6) is 0 Å². The van der Waals surface area contributed by atoms with Gasteiger partial charge in [-0.2, -0.15) is 0 Å². The zero-order chi connectivity index (χ0) is 20.1. The third-order valence-corrected chi connectivity index (χ3v) is 5.01. The number of hydrogen-bond donors (Lipinski definition) is 1. The smallest absolute Gasteiger partial charge is 0.269 e. The maximum absolute atomic E-state index is 12.4. The highest BCUT2D eigenvalue weighted by Gasteiger charge is 2.34. The van der Waals surface area contributed by atoms with E-state index in [9.17, 15) is 19.7 Å². The average molecular weight is 381 g/mol. The minimum Gasteiger partial charge on any atom is -0.355 e. The van der Waals surface area contributed by atoms with E-state index in [1.807, 2.05) is 24.3 Å². The molecule has 3 rings (SSSR count). The van der Waals surface area contributed by atoms with Crippen molar-refractivity contribution in [2.75, 3.05) is 18.0 Å². The quantitative estimate of drug-likeness (QED) is 0.590. The maximum atomic E-state index is 12.4. The van der Waals surface area contributed by atoms with Gasteiger partial charge in [-0.05, 0) is 36.1 Å². The van der Waals surface area contributed by atoms with Crippen LogP contribution in [0, 0.1) is 16.0 Å². The summed E-state index contributed by atoms with van der Waals surface area (Å²) in [5, 5.41) is 13.5. The molecule has 2 amide bonds. The fourth-order valence-electron chi connectivity index (χ4n) is 3.30. The molecule has 0 spiro atoms. The lowest BCUT2D eigenvalue weighted by molar-refractivity contribution is -0.384. The summed E-state index contributed by atoms with van der Waals surface area (Å²) in [6, 6.07) is 14.1. The maximum Gasteiger partial charge on any atom is 0.269 e. The molecule has 0 aliphatic carbocycles. The number of rotatable bonds is 7. The largest absolute Gasteiger partial charge is 0.355 e. The zero-order valence-corrected chi connectivity index (χ0v) is 15.8. The predicted octanol–water partition coefficient (Wildman–Crippen LogP) is 2.87. The van der Waals surface area contributed by atoms with Crippen molar-refractivity contribution in [3.8, 4) is 0 Å². The van der Waals surface area contributed by atoms with Crippen molar-refractivity contribution in [3.63, 3.8) is 0 Å². The Morgan fingerprint density at radius 3 is 2.39 bits per heavy atom. The summed E-state index contributed by atoms with van der Waals surface area (Å²) in [4.78, 5) is 36.6. The van der Waals surface area contributed by atoms with E-state index in [0.717, 1.165) is 17.7 Å². The van der Waals surface area contributed by atoms with E-state index >= 15 is 0 Å². The Hall–Kier alpha value is -3.22. The normalized spacial score (nSPS) is 16.2. The van der Waals surface area contributed by atoms with Gasteiger partial charge in [0.05, 0.1) is 10.8 Å². The van der Waals surface area contributed by atoms with Crippen molar-refractivity contribution in [1.29, 1.82) is 0 Å². The van der Waals surface area contributed by atoms with Crippen molar-refractivity contribution < 1.29 is 14.5 Å². The molecule has 7 nitrogen and oxygen atoms in total. The Bertz CT molecular complexity index is 862. The number of non-ortho nitro benzene ring substituents is 1. The molecule has 7 heteroatoms. The van der Waals surface area contributed by atoms with Gasteiger partial charge < -0.3 is 10.2 Å². The molecule has 146 valence electrons. The molecule has 2 aromatic rings. The number of aryl methyl sites for hydroxylation is 1. The van der Waals surface area contributed by atoms with Gasteiger partial charge >= 0.3 is 0 Å². The molecular weight excluding hydrogens is 358 g/mol. The Kier molecular flexibility index (Phi) is 6.03. The number of carbonyl (C=O) groups excluding carboxylic acids is 2. The van der Waals surface area contributed by atoms with Crippen LogP contribution in [0.2, 0.25) is 0 Å². The topological polar surface area (TPSA) is 92.6 Å². The highest BCUT2D eigenvalue weighted by molar-refractivity contribution is 6.00. The van der Waals surface area contributed by atoms with Gasteiger partial charge in [0, 0.05) is 37.3 Å². The zero-order valence-electron chi connectivity index (χ0n) is 15.8. The summed E-state index contributed by atoms with van der Waals surface area (Å²) in [6.45, 7) is 2.88. The second-order valence-electron chi connectivity index (χ2n) is 6.89.